The molecule has 4 nitrogen and oxygen atoms in total. The van der Waals surface area contributed by atoms with Crippen LogP contribution in [0.15, 0.2) is 17.5 Å². The minimum Gasteiger partial charge on any atom is -0.373 e. The van der Waals surface area contributed by atoms with Gasteiger partial charge in [-0.2, -0.15) is 5.26 Å². The van der Waals surface area contributed by atoms with Gasteiger partial charge in [-0.25, -0.2) is 9.97 Å². The molecule has 2 aromatic heterocycles. The van der Waals surface area contributed by atoms with E-state index < -0.39 is 0 Å². The van der Waals surface area contributed by atoms with Gasteiger partial charge in [0.15, 0.2) is 5.82 Å². The Balaban J connectivity index is 2.58. The Morgan fingerprint density at radius 3 is 2.81 bits per heavy atom. The van der Waals surface area contributed by atoms with Gasteiger partial charge in [-0.05, 0) is 23.9 Å². The maximum absolute atomic E-state index is 8.88. The number of nitrogens with zero attached hydrogens (tertiary/aromatic N) is 3. The largest absolute Gasteiger partial charge is 0.373 e. The van der Waals surface area contributed by atoms with Crippen molar-refractivity contribution in [1.82, 2.24) is 9.97 Å². The lowest BCUT2D eigenvalue weighted by atomic mass is 10.2. The minimum absolute atomic E-state index is 0.377. The molecule has 0 aliphatic carbocycles. The molecule has 0 aliphatic rings. The highest BCUT2D eigenvalue weighted by Gasteiger charge is 2.09. The summed E-state index contributed by atoms with van der Waals surface area (Å²) in [5, 5.41) is 13.8. The monoisotopic (exact) mass is 230 g/mol. The summed E-state index contributed by atoms with van der Waals surface area (Å²) in [6.45, 7) is 2.01. The average Bonchev–Trinajstić information content (AvgIpc) is 2.74. The van der Waals surface area contributed by atoms with Crippen LogP contribution in [-0.2, 0) is 0 Å². The Hall–Kier alpha value is -1.93. The standard InChI is InChI=1S/C11H10N4S/c1-7-3-4-16-10(7)11-14-8(6-12)5-9(13-2)15-11/h3-5H,1-2H3,(H,13,14,15). The summed E-state index contributed by atoms with van der Waals surface area (Å²) in [7, 11) is 1.77. The lowest BCUT2D eigenvalue weighted by Gasteiger charge is -2.03. The molecule has 0 amide bonds. The lowest BCUT2D eigenvalue weighted by molar-refractivity contribution is 1.14. The highest BCUT2D eigenvalue weighted by molar-refractivity contribution is 7.13. The summed E-state index contributed by atoms with van der Waals surface area (Å²) in [5.74, 6) is 1.27. The van der Waals surface area contributed by atoms with Gasteiger partial charge >= 0.3 is 0 Å². The zero-order valence-electron chi connectivity index (χ0n) is 8.98. The number of nitrogens with one attached hydrogen (secondary N) is 1. The van der Waals surface area contributed by atoms with Crippen molar-refractivity contribution in [1.29, 1.82) is 5.26 Å². The summed E-state index contributed by atoms with van der Waals surface area (Å²) >= 11 is 1.58. The van der Waals surface area contributed by atoms with Gasteiger partial charge in [0.2, 0.25) is 0 Å². The number of hydrogen-bond acceptors (Lipinski definition) is 5. The fraction of sp³-hybridized carbons (Fsp3) is 0.182. The molecule has 16 heavy (non-hydrogen) atoms. The van der Waals surface area contributed by atoms with Crippen molar-refractivity contribution >= 4 is 17.2 Å². The van der Waals surface area contributed by atoms with Crippen molar-refractivity contribution in [3.05, 3.63) is 28.8 Å². The van der Waals surface area contributed by atoms with E-state index in [9.17, 15) is 0 Å². The summed E-state index contributed by atoms with van der Waals surface area (Å²) < 4.78 is 0. The molecular weight excluding hydrogens is 220 g/mol. The van der Waals surface area contributed by atoms with E-state index in [4.69, 9.17) is 5.26 Å². The van der Waals surface area contributed by atoms with E-state index in [1.807, 2.05) is 24.4 Å². The molecule has 0 radical (unpaired) electrons. The van der Waals surface area contributed by atoms with E-state index in [0.717, 1.165) is 10.4 Å². The molecule has 80 valence electrons. The van der Waals surface area contributed by atoms with Crippen LogP contribution in [0.1, 0.15) is 11.3 Å². The van der Waals surface area contributed by atoms with E-state index in [2.05, 4.69) is 15.3 Å². The first kappa shape index (κ1) is 10.6. The number of aromatic nitrogens is 2. The second-order valence-corrected chi connectivity index (χ2v) is 4.17. The Kier molecular flexibility index (Phi) is 2.84. The van der Waals surface area contributed by atoms with Gasteiger partial charge in [0.1, 0.15) is 17.6 Å². The van der Waals surface area contributed by atoms with E-state index in [-0.39, 0.29) is 0 Å². The maximum atomic E-state index is 8.88. The third-order valence-electron chi connectivity index (χ3n) is 2.16. The second kappa shape index (κ2) is 4.29. The van der Waals surface area contributed by atoms with Crippen LogP contribution < -0.4 is 5.32 Å². The number of rotatable bonds is 2. The highest BCUT2D eigenvalue weighted by atomic mass is 32.1. The summed E-state index contributed by atoms with van der Waals surface area (Å²) in [4.78, 5) is 9.55. The van der Waals surface area contributed by atoms with Crippen LogP contribution in [0, 0.1) is 18.3 Å². The van der Waals surface area contributed by atoms with E-state index in [0.29, 0.717) is 17.3 Å². The molecule has 0 unspecified atom stereocenters. The molecular formula is C11H10N4S. The molecule has 2 aromatic rings. The van der Waals surface area contributed by atoms with Crippen molar-refractivity contribution < 1.29 is 0 Å². The Morgan fingerprint density at radius 1 is 1.44 bits per heavy atom. The van der Waals surface area contributed by atoms with Crippen molar-refractivity contribution in [2.75, 3.05) is 12.4 Å². The molecule has 0 fully saturated rings. The van der Waals surface area contributed by atoms with Crippen molar-refractivity contribution in [3.8, 4) is 16.8 Å². The quantitative estimate of drug-likeness (QED) is 0.860. The first-order chi connectivity index (χ1) is 7.74. The molecule has 0 aliphatic heterocycles. The van der Waals surface area contributed by atoms with Gasteiger partial charge in [0, 0.05) is 13.1 Å². The normalized spacial score (nSPS) is 9.81. The van der Waals surface area contributed by atoms with E-state index >= 15 is 0 Å². The Bertz CT molecular complexity index is 553. The number of nitriles is 1. The van der Waals surface area contributed by atoms with Gasteiger partial charge in [-0.15, -0.1) is 11.3 Å². The summed E-state index contributed by atoms with van der Waals surface area (Å²) in [6.07, 6.45) is 0. The van der Waals surface area contributed by atoms with Crippen LogP contribution in [0.3, 0.4) is 0 Å². The topological polar surface area (TPSA) is 61.6 Å². The molecule has 1 N–H and O–H groups in total. The van der Waals surface area contributed by atoms with Crippen LogP contribution in [0.2, 0.25) is 0 Å². The number of anilines is 1. The third-order valence-corrected chi connectivity index (χ3v) is 3.17. The molecule has 0 saturated heterocycles. The predicted octanol–water partition coefficient (Wildman–Crippen LogP) is 2.43. The molecule has 2 heterocycles. The van der Waals surface area contributed by atoms with Gasteiger partial charge in [-0.3, -0.25) is 0 Å². The van der Waals surface area contributed by atoms with Crippen molar-refractivity contribution in [3.63, 3.8) is 0 Å². The summed E-state index contributed by atoms with van der Waals surface area (Å²) in [6, 6.07) is 5.68. The number of aryl methyl sites for hydroxylation is 1. The molecule has 5 heteroatoms. The van der Waals surface area contributed by atoms with Crippen LogP contribution in [0.5, 0.6) is 0 Å². The zero-order valence-corrected chi connectivity index (χ0v) is 9.80. The summed E-state index contributed by atoms with van der Waals surface area (Å²) in [5.41, 5.74) is 1.50. The zero-order chi connectivity index (χ0) is 11.5. The third kappa shape index (κ3) is 1.88. The smallest absolute Gasteiger partial charge is 0.173 e. The number of hydrogen-bond donors (Lipinski definition) is 1. The van der Waals surface area contributed by atoms with Crippen LogP contribution >= 0.6 is 11.3 Å². The maximum Gasteiger partial charge on any atom is 0.173 e. The fourth-order valence-corrected chi connectivity index (χ4v) is 2.19. The van der Waals surface area contributed by atoms with Gasteiger partial charge in [-0.1, -0.05) is 0 Å². The Morgan fingerprint density at radius 2 is 2.25 bits per heavy atom. The van der Waals surface area contributed by atoms with Crippen LogP contribution in [-0.4, -0.2) is 17.0 Å². The predicted molar refractivity (Wildman–Crippen MR) is 64.3 cm³/mol. The van der Waals surface area contributed by atoms with Crippen molar-refractivity contribution in [2.24, 2.45) is 0 Å². The van der Waals surface area contributed by atoms with E-state index in [1.165, 1.54) is 0 Å². The molecule has 0 saturated carbocycles. The first-order valence-electron chi connectivity index (χ1n) is 4.76. The fourth-order valence-electron chi connectivity index (χ4n) is 1.34. The molecule has 0 aromatic carbocycles. The molecule has 0 atom stereocenters. The lowest BCUT2D eigenvalue weighted by Crippen LogP contribution is -1.98. The SMILES string of the molecule is CNc1cc(C#N)nc(-c2sccc2C)n1. The van der Waals surface area contributed by atoms with Gasteiger partial charge in [0.25, 0.3) is 0 Å². The Labute approximate surface area is 97.6 Å². The van der Waals surface area contributed by atoms with Gasteiger partial charge < -0.3 is 5.32 Å². The van der Waals surface area contributed by atoms with Crippen LogP contribution in [0.25, 0.3) is 10.7 Å². The molecule has 0 spiro atoms. The number of thiophene rings is 1. The first-order valence-corrected chi connectivity index (χ1v) is 5.64. The molecule has 0 bridgehead atoms. The van der Waals surface area contributed by atoms with Crippen LogP contribution in [0.4, 0.5) is 5.82 Å². The highest BCUT2D eigenvalue weighted by Crippen LogP contribution is 2.26. The second-order valence-electron chi connectivity index (χ2n) is 3.26. The van der Waals surface area contributed by atoms with E-state index in [1.54, 1.807) is 24.5 Å². The molecule has 2 rings (SSSR count). The average molecular weight is 230 g/mol. The van der Waals surface area contributed by atoms with Crippen molar-refractivity contribution in [2.45, 2.75) is 6.92 Å². The van der Waals surface area contributed by atoms with Gasteiger partial charge in [0.05, 0.1) is 4.88 Å². The minimum atomic E-state index is 0.377.